The largest absolute Gasteiger partial charge is 0.307 e. The fraction of sp³-hybridized carbons (Fsp3) is 0.625. The molecule has 2 rings (SSSR count). The Labute approximate surface area is 106 Å². The summed E-state index contributed by atoms with van der Waals surface area (Å²) >= 11 is 0. The Kier molecular flexibility index (Phi) is 4.61. The van der Waals surface area contributed by atoms with E-state index < -0.39 is 0 Å². The molecule has 0 heterocycles. The molecule has 1 nitrogen and oxygen atoms in total. The van der Waals surface area contributed by atoms with Crippen LogP contribution in [0.4, 0.5) is 0 Å². The van der Waals surface area contributed by atoms with Gasteiger partial charge in [0.15, 0.2) is 0 Å². The molecule has 0 amide bonds. The molecule has 0 aromatic heterocycles. The quantitative estimate of drug-likeness (QED) is 0.737. The fourth-order valence-electron chi connectivity index (χ4n) is 2.53. The number of nitrogens with one attached hydrogen (secondary N) is 1. The Morgan fingerprint density at radius 1 is 1.12 bits per heavy atom. The second-order valence-electron chi connectivity index (χ2n) is 5.32. The molecule has 0 radical (unpaired) electrons. The van der Waals surface area contributed by atoms with Crippen molar-refractivity contribution in [2.24, 2.45) is 5.92 Å². The monoisotopic (exact) mass is 231 g/mol. The van der Waals surface area contributed by atoms with Gasteiger partial charge in [-0.05, 0) is 30.7 Å². The lowest BCUT2D eigenvalue weighted by atomic mass is 10.0. The molecule has 1 saturated carbocycles. The topological polar surface area (TPSA) is 12.0 Å². The van der Waals surface area contributed by atoms with Crippen LogP contribution in [-0.2, 0) is 0 Å². The molecule has 0 saturated heterocycles. The van der Waals surface area contributed by atoms with Gasteiger partial charge in [-0.2, -0.15) is 0 Å². The molecule has 1 heteroatoms. The Morgan fingerprint density at radius 3 is 2.35 bits per heavy atom. The summed E-state index contributed by atoms with van der Waals surface area (Å²) in [6.45, 7) is 4.58. The van der Waals surface area contributed by atoms with Crippen molar-refractivity contribution in [2.45, 2.75) is 58.0 Å². The standard InChI is InChI=1S/C16H25N/c1-3-15(12-13-10-11-13)17-16(4-2)14-8-6-5-7-9-14/h5-9,13,15-17H,3-4,10-12H2,1-2H3. The first-order valence-electron chi connectivity index (χ1n) is 7.14. The molecule has 0 spiro atoms. The molecular formula is C16H25N. The van der Waals surface area contributed by atoms with E-state index in [1.165, 1.54) is 37.7 Å². The van der Waals surface area contributed by atoms with Crippen molar-refractivity contribution >= 4 is 0 Å². The van der Waals surface area contributed by atoms with E-state index in [4.69, 9.17) is 0 Å². The zero-order valence-corrected chi connectivity index (χ0v) is 11.2. The molecule has 17 heavy (non-hydrogen) atoms. The first-order chi connectivity index (χ1) is 8.33. The minimum atomic E-state index is 0.528. The van der Waals surface area contributed by atoms with Gasteiger partial charge in [-0.1, -0.05) is 57.0 Å². The lowest BCUT2D eigenvalue weighted by Crippen LogP contribution is -2.32. The zero-order chi connectivity index (χ0) is 12.1. The lowest BCUT2D eigenvalue weighted by molar-refractivity contribution is 0.383. The summed E-state index contributed by atoms with van der Waals surface area (Å²) in [5.41, 5.74) is 1.43. The van der Waals surface area contributed by atoms with Crippen LogP contribution in [0.3, 0.4) is 0 Å². The summed E-state index contributed by atoms with van der Waals surface area (Å²) < 4.78 is 0. The Morgan fingerprint density at radius 2 is 1.82 bits per heavy atom. The van der Waals surface area contributed by atoms with E-state index in [-0.39, 0.29) is 0 Å². The van der Waals surface area contributed by atoms with Crippen LogP contribution >= 0.6 is 0 Å². The van der Waals surface area contributed by atoms with E-state index in [2.05, 4.69) is 49.5 Å². The molecule has 1 aliphatic rings. The molecule has 1 aromatic rings. The Balaban J connectivity index is 1.93. The van der Waals surface area contributed by atoms with E-state index in [0.29, 0.717) is 12.1 Å². The van der Waals surface area contributed by atoms with Crippen LogP contribution in [0, 0.1) is 5.92 Å². The van der Waals surface area contributed by atoms with Gasteiger partial charge in [0.1, 0.15) is 0 Å². The molecule has 0 aliphatic heterocycles. The maximum atomic E-state index is 3.84. The predicted octanol–water partition coefficient (Wildman–Crippen LogP) is 4.31. The van der Waals surface area contributed by atoms with Crippen LogP contribution in [-0.4, -0.2) is 6.04 Å². The number of hydrogen-bond donors (Lipinski definition) is 1. The van der Waals surface area contributed by atoms with E-state index in [1.807, 2.05) is 0 Å². The van der Waals surface area contributed by atoms with Crippen molar-refractivity contribution in [2.75, 3.05) is 0 Å². The van der Waals surface area contributed by atoms with E-state index in [1.54, 1.807) is 0 Å². The van der Waals surface area contributed by atoms with Gasteiger partial charge in [0.25, 0.3) is 0 Å². The SMILES string of the molecule is CCC(CC1CC1)NC(CC)c1ccccc1. The van der Waals surface area contributed by atoms with Gasteiger partial charge >= 0.3 is 0 Å². The number of rotatable bonds is 7. The van der Waals surface area contributed by atoms with E-state index >= 15 is 0 Å². The van der Waals surface area contributed by atoms with Gasteiger partial charge in [0.05, 0.1) is 0 Å². The summed E-state index contributed by atoms with van der Waals surface area (Å²) in [5.74, 6) is 1.01. The molecule has 1 aliphatic carbocycles. The average Bonchev–Trinajstić information content (AvgIpc) is 3.19. The summed E-state index contributed by atoms with van der Waals surface area (Å²) in [5, 5.41) is 3.84. The van der Waals surface area contributed by atoms with Crippen molar-refractivity contribution in [3.63, 3.8) is 0 Å². The summed E-state index contributed by atoms with van der Waals surface area (Å²) in [4.78, 5) is 0. The average molecular weight is 231 g/mol. The maximum Gasteiger partial charge on any atom is 0.0320 e. The molecule has 1 fully saturated rings. The van der Waals surface area contributed by atoms with Gasteiger partial charge in [0, 0.05) is 12.1 Å². The molecule has 1 N–H and O–H groups in total. The van der Waals surface area contributed by atoms with E-state index in [9.17, 15) is 0 Å². The predicted molar refractivity (Wildman–Crippen MR) is 74.0 cm³/mol. The van der Waals surface area contributed by atoms with Crippen molar-refractivity contribution in [1.29, 1.82) is 0 Å². The first kappa shape index (κ1) is 12.6. The second kappa shape index (κ2) is 6.20. The van der Waals surface area contributed by atoms with Crippen LogP contribution in [0.2, 0.25) is 0 Å². The number of benzene rings is 1. The minimum absolute atomic E-state index is 0.528. The smallest absolute Gasteiger partial charge is 0.0320 e. The third-order valence-corrected chi connectivity index (χ3v) is 3.85. The highest BCUT2D eigenvalue weighted by Crippen LogP contribution is 2.34. The van der Waals surface area contributed by atoms with Crippen molar-refractivity contribution in [3.8, 4) is 0 Å². The minimum Gasteiger partial charge on any atom is -0.307 e. The van der Waals surface area contributed by atoms with Crippen LogP contribution in [0.5, 0.6) is 0 Å². The number of hydrogen-bond acceptors (Lipinski definition) is 1. The Bertz CT molecular complexity index is 316. The third-order valence-electron chi connectivity index (χ3n) is 3.85. The second-order valence-corrected chi connectivity index (χ2v) is 5.32. The highest BCUT2D eigenvalue weighted by molar-refractivity contribution is 5.18. The molecule has 1 aromatic carbocycles. The molecule has 2 atom stereocenters. The molecule has 2 unspecified atom stereocenters. The zero-order valence-electron chi connectivity index (χ0n) is 11.2. The highest BCUT2D eigenvalue weighted by atomic mass is 14.9. The van der Waals surface area contributed by atoms with Gasteiger partial charge < -0.3 is 5.32 Å². The maximum absolute atomic E-state index is 3.84. The molecule has 94 valence electrons. The Hall–Kier alpha value is -0.820. The summed E-state index contributed by atoms with van der Waals surface area (Å²) in [7, 11) is 0. The van der Waals surface area contributed by atoms with Gasteiger partial charge in [0.2, 0.25) is 0 Å². The van der Waals surface area contributed by atoms with Crippen LogP contribution in [0.15, 0.2) is 30.3 Å². The van der Waals surface area contributed by atoms with Crippen molar-refractivity contribution in [3.05, 3.63) is 35.9 Å². The normalized spacial score (nSPS) is 18.9. The third kappa shape index (κ3) is 3.85. The summed E-state index contributed by atoms with van der Waals surface area (Å²) in [6.07, 6.45) is 6.71. The van der Waals surface area contributed by atoms with Crippen molar-refractivity contribution < 1.29 is 0 Å². The van der Waals surface area contributed by atoms with Crippen LogP contribution < -0.4 is 5.32 Å². The molecule has 0 bridgehead atoms. The van der Waals surface area contributed by atoms with E-state index in [0.717, 1.165) is 5.92 Å². The first-order valence-corrected chi connectivity index (χ1v) is 7.14. The van der Waals surface area contributed by atoms with Crippen molar-refractivity contribution in [1.82, 2.24) is 5.32 Å². The fourth-order valence-corrected chi connectivity index (χ4v) is 2.53. The lowest BCUT2D eigenvalue weighted by Gasteiger charge is -2.24. The van der Waals surface area contributed by atoms with Gasteiger partial charge in [-0.15, -0.1) is 0 Å². The highest BCUT2D eigenvalue weighted by Gasteiger charge is 2.25. The van der Waals surface area contributed by atoms with Gasteiger partial charge in [-0.3, -0.25) is 0 Å². The van der Waals surface area contributed by atoms with Crippen LogP contribution in [0.1, 0.15) is 57.6 Å². The molecular weight excluding hydrogens is 206 g/mol. The van der Waals surface area contributed by atoms with Crippen LogP contribution in [0.25, 0.3) is 0 Å². The summed E-state index contributed by atoms with van der Waals surface area (Å²) in [6, 6.07) is 12.1. The van der Waals surface area contributed by atoms with Gasteiger partial charge in [-0.25, -0.2) is 0 Å².